The number of carbonyl (C=O) groups is 2. The molecule has 2 rings (SSSR count). The Morgan fingerprint density at radius 1 is 1.17 bits per heavy atom. The third-order valence-corrected chi connectivity index (χ3v) is 2.57. The van der Waals surface area contributed by atoms with Gasteiger partial charge >= 0.3 is 11.9 Å². The second-order valence-corrected chi connectivity index (χ2v) is 3.69. The van der Waals surface area contributed by atoms with Crippen molar-refractivity contribution >= 4 is 23.0 Å². The topological polar surface area (TPSA) is 81.3 Å². The van der Waals surface area contributed by atoms with Crippen molar-refractivity contribution < 1.29 is 19.1 Å². The number of fused-ring (bicyclic) bond motifs is 1. The standard InChI is InChI=1S/C12H12N2O4/c1-6-13-8-5-4-7(11(15)17-2)9(10(8)14-6)12(16)18-3/h4-5H,1-3H3,(H,13,14). The molecule has 0 radical (unpaired) electrons. The molecule has 1 aromatic heterocycles. The molecule has 0 atom stereocenters. The van der Waals surface area contributed by atoms with Gasteiger partial charge in [0.15, 0.2) is 0 Å². The zero-order valence-corrected chi connectivity index (χ0v) is 10.2. The number of aromatic amines is 1. The number of hydrogen-bond donors (Lipinski definition) is 1. The highest BCUT2D eigenvalue weighted by atomic mass is 16.5. The highest BCUT2D eigenvalue weighted by molar-refractivity contribution is 6.11. The van der Waals surface area contributed by atoms with Gasteiger partial charge in [-0.05, 0) is 19.1 Å². The molecule has 1 N–H and O–H groups in total. The smallest absolute Gasteiger partial charge is 0.341 e. The summed E-state index contributed by atoms with van der Waals surface area (Å²) in [6.45, 7) is 1.76. The van der Waals surface area contributed by atoms with Gasteiger partial charge in [-0.15, -0.1) is 0 Å². The van der Waals surface area contributed by atoms with Gasteiger partial charge in [-0.2, -0.15) is 0 Å². The van der Waals surface area contributed by atoms with E-state index in [9.17, 15) is 9.59 Å². The largest absolute Gasteiger partial charge is 0.465 e. The Kier molecular flexibility index (Phi) is 3.01. The second kappa shape index (κ2) is 4.48. The van der Waals surface area contributed by atoms with Crippen LogP contribution in [-0.4, -0.2) is 36.1 Å². The van der Waals surface area contributed by atoms with Gasteiger partial charge in [-0.3, -0.25) is 0 Å². The summed E-state index contributed by atoms with van der Waals surface area (Å²) >= 11 is 0. The van der Waals surface area contributed by atoms with Crippen LogP contribution in [0.2, 0.25) is 0 Å². The average molecular weight is 248 g/mol. The molecule has 1 heterocycles. The molecule has 0 saturated heterocycles. The van der Waals surface area contributed by atoms with Crippen molar-refractivity contribution in [3.63, 3.8) is 0 Å². The third-order valence-electron chi connectivity index (χ3n) is 2.57. The molecule has 0 aliphatic rings. The zero-order valence-electron chi connectivity index (χ0n) is 10.2. The summed E-state index contributed by atoms with van der Waals surface area (Å²) in [6, 6.07) is 3.19. The highest BCUT2D eigenvalue weighted by Crippen LogP contribution is 2.22. The molecule has 94 valence electrons. The monoisotopic (exact) mass is 248 g/mol. The maximum atomic E-state index is 11.8. The molecule has 0 aliphatic carbocycles. The van der Waals surface area contributed by atoms with E-state index in [2.05, 4.69) is 19.4 Å². The van der Waals surface area contributed by atoms with E-state index >= 15 is 0 Å². The summed E-state index contributed by atoms with van der Waals surface area (Å²) in [4.78, 5) is 30.6. The molecule has 2 aromatic rings. The number of methoxy groups -OCH3 is 2. The van der Waals surface area contributed by atoms with Gasteiger partial charge in [0, 0.05) is 0 Å². The molecular weight excluding hydrogens is 236 g/mol. The van der Waals surface area contributed by atoms with Gasteiger partial charge in [-0.25, -0.2) is 14.6 Å². The van der Waals surface area contributed by atoms with E-state index in [0.717, 1.165) is 0 Å². The number of H-pyrrole nitrogens is 1. The van der Waals surface area contributed by atoms with E-state index in [0.29, 0.717) is 16.9 Å². The lowest BCUT2D eigenvalue weighted by Gasteiger charge is -2.06. The van der Waals surface area contributed by atoms with E-state index in [-0.39, 0.29) is 11.1 Å². The summed E-state index contributed by atoms with van der Waals surface area (Å²) in [5.74, 6) is -0.567. The molecule has 0 unspecified atom stereocenters. The van der Waals surface area contributed by atoms with Crippen LogP contribution in [0.5, 0.6) is 0 Å². The Labute approximate surface area is 103 Å². The molecule has 18 heavy (non-hydrogen) atoms. The average Bonchev–Trinajstić information content (AvgIpc) is 2.75. The molecule has 6 heteroatoms. The third kappa shape index (κ3) is 1.81. The van der Waals surface area contributed by atoms with Gasteiger partial charge in [0.05, 0.1) is 25.3 Å². The molecule has 0 amide bonds. The fourth-order valence-electron chi connectivity index (χ4n) is 1.79. The van der Waals surface area contributed by atoms with Gasteiger partial charge in [0.1, 0.15) is 16.9 Å². The van der Waals surface area contributed by atoms with Crippen LogP contribution in [-0.2, 0) is 9.47 Å². The zero-order chi connectivity index (χ0) is 13.3. The lowest BCUT2D eigenvalue weighted by Crippen LogP contribution is -2.12. The molecule has 0 fully saturated rings. The lowest BCUT2D eigenvalue weighted by atomic mass is 10.1. The van der Waals surface area contributed by atoms with Crippen molar-refractivity contribution in [2.45, 2.75) is 6.92 Å². The van der Waals surface area contributed by atoms with Gasteiger partial charge in [0.2, 0.25) is 0 Å². The minimum Gasteiger partial charge on any atom is -0.465 e. The predicted molar refractivity (Wildman–Crippen MR) is 63.5 cm³/mol. The normalized spacial score (nSPS) is 10.4. The van der Waals surface area contributed by atoms with Crippen molar-refractivity contribution in [3.05, 3.63) is 29.1 Å². The maximum absolute atomic E-state index is 11.8. The number of benzene rings is 1. The van der Waals surface area contributed by atoms with E-state index in [1.54, 1.807) is 13.0 Å². The number of ether oxygens (including phenoxy) is 2. The van der Waals surface area contributed by atoms with Crippen molar-refractivity contribution in [1.29, 1.82) is 0 Å². The SMILES string of the molecule is COC(=O)c1ccc2[nH]c(C)nc2c1C(=O)OC. The number of aryl methyl sites for hydroxylation is 1. The van der Waals surface area contributed by atoms with Gasteiger partial charge < -0.3 is 14.5 Å². The quantitative estimate of drug-likeness (QED) is 0.813. The Hall–Kier alpha value is -2.37. The number of hydrogen-bond acceptors (Lipinski definition) is 5. The molecule has 1 aromatic carbocycles. The number of esters is 2. The fourth-order valence-corrected chi connectivity index (χ4v) is 1.79. The molecule has 0 saturated carbocycles. The van der Waals surface area contributed by atoms with Crippen molar-refractivity contribution in [1.82, 2.24) is 9.97 Å². The van der Waals surface area contributed by atoms with Crippen LogP contribution < -0.4 is 0 Å². The lowest BCUT2D eigenvalue weighted by molar-refractivity contribution is 0.0557. The molecule has 0 aliphatic heterocycles. The van der Waals surface area contributed by atoms with Crippen LogP contribution in [0.3, 0.4) is 0 Å². The number of aromatic nitrogens is 2. The number of nitrogens with one attached hydrogen (secondary N) is 1. The fraction of sp³-hybridized carbons (Fsp3) is 0.250. The number of imidazole rings is 1. The summed E-state index contributed by atoms with van der Waals surface area (Å²) < 4.78 is 9.33. The number of rotatable bonds is 2. The van der Waals surface area contributed by atoms with E-state index in [1.165, 1.54) is 20.3 Å². The van der Waals surface area contributed by atoms with Crippen LogP contribution in [0.1, 0.15) is 26.5 Å². The Morgan fingerprint density at radius 2 is 1.83 bits per heavy atom. The molecule has 0 spiro atoms. The first-order valence-electron chi connectivity index (χ1n) is 5.24. The minimum absolute atomic E-state index is 0.117. The van der Waals surface area contributed by atoms with E-state index < -0.39 is 11.9 Å². The Bertz CT molecular complexity index is 630. The van der Waals surface area contributed by atoms with Gasteiger partial charge in [0.25, 0.3) is 0 Å². The van der Waals surface area contributed by atoms with E-state index in [1.807, 2.05) is 0 Å². The molecule has 6 nitrogen and oxygen atoms in total. The predicted octanol–water partition coefficient (Wildman–Crippen LogP) is 1.44. The second-order valence-electron chi connectivity index (χ2n) is 3.69. The van der Waals surface area contributed by atoms with Crippen LogP contribution in [0.25, 0.3) is 11.0 Å². The maximum Gasteiger partial charge on any atom is 0.341 e. The van der Waals surface area contributed by atoms with Crippen LogP contribution in [0.15, 0.2) is 12.1 Å². The first-order chi connectivity index (χ1) is 8.58. The summed E-state index contributed by atoms with van der Waals surface area (Å²) in [5, 5.41) is 0. The minimum atomic E-state index is -0.618. The molecule has 0 bridgehead atoms. The van der Waals surface area contributed by atoms with Crippen LogP contribution >= 0.6 is 0 Å². The number of carbonyl (C=O) groups excluding carboxylic acids is 2. The van der Waals surface area contributed by atoms with E-state index in [4.69, 9.17) is 0 Å². The van der Waals surface area contributed by atoms with Crippen molar-refractivity contribution in [2.75, 3.05) is 14.2 Å². The Morgan fingerprint density at radius 3 is 2.44 bits per heavy atom. The first-order valence-corrected chi connectivity index (χ1v) is 5.24. The highest BCUT2D eigenvalue weighted by Gasteiger charge is 2.23. The van der Waals surface area contributed by atoms with Crippen LogP contribution in [0, 0.1) is 6.92 Å². The summed E-state index contributed by atoms with van der Waals surface area (Å²) in [7, 11) is 2.51. The van der Waals surface area contributed by atoms with Gasteiger partial charge in [-0.1, -0.05) is 0 Å². The first kappa shape index (κ1) is 12.1. The summed E-state index contributed by atoms with van der Waals surface area (Å²) in [5.41, 5.74) is 1.33. The number of nitrogens with zero attached hydrogens (tertiary/aromatic N) is 1. The van der Waals surface area contributed by atoms with Crippen LogP contribution in [0.4, 0.5) is 0 Å². The Balaban J connectivity index is 2.78. The molecular formula is C12H12N2O4. The van der Waals surface area contributed by atoms with Crippen molar-refractivity contribution in [2.24, 2.45) is 0 Å². The van der Waals surface area contributed by atoms with Crippen molar-refractivity contribution in [3.8, 4) is 0 Å². The summed E-state index contributed by atoms with van der Waals surface area (Å²) in [6.07, 6.45) is 0.